The Morgan fingerprint density at radius 1 is 1.40 bits per heavy atom. The zero-order valence-corrected chi connectivity index (χ0v) is 10.5. The molecule has 2 fully saturated rings. The molecule has 0 aromatic rings. The van der Waals surface area contributed by atoms with Crippen LogP contribution >= 0.6 is 12.2 Å². The van der Waals surface area contributed by atoms with E-state index in [0.717, 1.165) is 19.3 Å². The van der Waals surface area contributed by atoms with Gasteiger partial charge in [0, 0.05) is 18.3 Å². The largest absolute Gasteiger partial charge is 0.393 e. The lowest BCUT2D eigenvalue weighted by atomic mass is 9.64. The van der Waals surface area contributed by atoms with Gasteiger partial charge in [-0.3, -0.25) is 4.79 Å². The highest BCUT2D eigenvalue weighted by atomic mass is 32.1. The van der Waals surface area contributed by atoms with E-state index < -0.39 is 0 Å². The average Bonchev–Trinajstić information content (AvgIpc) is 2.33. The van der Waals surface area contributed by atoms with Gasteiger partial charge in [-0.1, -0.05) is 33.0 Å². The summed E-state index contributed by atoms with van der Waals surface area (Å²) in [7, 11) is 0. The minimum Gasteiger partial charge on any atom is -0.393 e. The predicted octanol–water partition coefficient (Wildman–Crippen LogP) is 2.45. The van der Waals surface area contributed by atoms with E-state index in [2.05, 4.69) is 20.8 Å². The molecule has 3 heteroatoms. The van der Waals surface area contributed by atoms with E-state index in [-0.39, 0.29) is 16.2 Å². The third kappa shape index (κ3) is 1.10. The molecule has 2 atom stereocenters. The minimum atomic E-state index is -0.141. The fourth-order valence-corrected chi connectivity index (χ4v) is 3.98. The van der Waals surface area contributed by atoms with Crippen molar-refractivity contribution in [2.24, 2.45) is 22.0 Å². The van der Waals surface area contributed by atoms with E-state index in [4.69, 9.17) is 18.0 Å². The lowest BCUT2D eigenvalue weighted by Crippen LogP contribution is -2.37. The zero-order chi connectivity index (χ0) is 11.5. The molecule has 0 amide bonds. The molecule has 0 saturated heterocycles. The van der Waals surface area contributed by atoms with Gasteiger partial charge in [-0.15, -0.1) is 0 Å². The summed E-state index contributed by atoms with van der Waals surface area (Å²) in [6, 6.07) is 0. The quantitative estimate of drug-likeness (QED) is 0.734. The van der Waals surface area contributed by atoms with Crippen LogP contribution in [0.2, 0.25) is 0 Å². The molecule has 0 radical (unpaired) electrons. The number of Topliss-reactive ketones (excluding diaryl/α,β-unsaturated/α-hetero) is 1. The van der Waals surface area contributed by atoms with Crippen LogP contribution in [0.5, 0.6) is 0 Å². The normalized spacial score (nSPS) is 42.2. The van der Waals surface area contributed by atoms with Gasteiger partial charge >= 0.3 is 0 Å². The predicted molar refractivity (Wildman–Crippen MR) is 64.6 cm³/mol. The van der Waals surface area contributed by atoms with Gasteiger partial charge in [0.1, 0.15) is 5.78 Å². The summed E-state index contributed by atoms with van der Waals surface area (Å²) in [5, 5.41) is 0. The summed E-state index contributed by atoms with van der Waals surface area (Å²) in [6.07, 6.45) is 3.51. The van der Waals surface area contributed by atoms with Crippen molar-refractivity contribution < 1.29 is 4.79 Å². The van der Waals surface area contributed by atoms with Crippen LogP contribution in [-0.4, -0.2) is 10.8 Å². The van der Waals surface area contributed by atoms with Crippen molar-refractivity contribution in [2.75, 3.05) is 0 Å². The van der Waals surface area contributed by atoms with Crippen LogP contribution in [0.3, 0.4) is 0 Å². The molecule has 2 saturated carbocycles. The second-order valence-corrected chi connectivity index (χ2v) is 6.50. The number of ketones is 1. The van der Waals surface area contributed by atoms with Gasteiger partial charge in [0.15, 0.2) is 0 Å². The van der Waals surface area contributed by atoms with Crippen LogP contribution in [0, 0.1) is 16.2 Å². The molecule has 15 heavy (non-hydrogen) atoms. The molecular formula is C12H19NOS. The summed E-state index contributed by atoms with van der Waals surface area (Å²) < 4.78 is 0. The van der Waals surface area contributed by atoms with Crippen molar-refractivity contribution in [1.29, 1.82) is 0 Å². The van der Waals surface area contributed by atoms with Crippen molar-refractivity contribution in [3.05, 3.63) is 0 Å². The van der Waals surface area contributed by atoms with Crippen molar-refractivity contribution in [2.45, 2.75) is 46.5 Å². The first-order chi connectivity index (χ1) is 6.75. The molecule has 2 bridgehead atoms. The summed E-state index contributed by atoms with van der Waals surface area (Å²) in [5.74, 6) is 0.412. The Balaban J connectivity index is 2.44. The summed E-state index contributed by atoms with van der Waals surface area (Å²) in [4.78, 5) is 12.6. The molecule has 0 spiro atoms. The molecule has 0 heterocycles. The summed E-state index contributed by atoms with van der Waals surface area (Å²) in [5.41, 5.74) is 5.63. The van der Waals surface area contributed by atoms with Crippen LogP contribution < -0.4 is 5.73 Å². The highest BCUT2D eigenvalue weighted by Crippen LogP contribution is 2.71. The molecule has 84 valence electrons. The minimum absolute atomic E-state index is 0.0422. The third-order valence-electron chi connectivity index (χ3n) is 5.44. The molecule has 0 unspecified atom stereocenters. The standard InChI is InChI=1S/C12H19NOS/c1-10(2)11(3)4-5-12(10,6-8(11)14)7-9(13)15/h4-7H2,1-3H3,(H2,13,15)/t11-,12+/m1/s1. The number of carbonyl (C=O) groups excluding carboxylic acids is 1. The Kier molecular flexibility index (Phi) is 2.08. The zero-order valence-electron chi connectivity index (χ0n) is 9.72. The molecular weight excluding hydrogens is 206 g/mol. The highest BCUT2D eigenvalue weighted by molar-refractivity contribution is 7.80. The second-order valence-electron chi connectivity index (χ2n) is 5.98. The number of fused-ring (bicyclic) bond motifs is 2. The van der Waals surface area contributed by atoms with Gasteiger partial charge in [0.05, 0.1) is 4.99 Å². The molecule has 2 aliphatic carbocycles. The molecule has 2 nitrogen and oxygen atoms in total. The summed E-state index contributed by atoms with van der Waals surface area (Å²) >= 11 is 5.03. The Hall–Kier alpha value is -0.440. The van der Waals surface area contributed by atoms with Gasteiger partial charge in [0.25, 0.3) is 0 Å². The van der Waals surface area contributed by atoms with Crippen LogP contribution in [0.25, 0.3) is 0 Å². The molecule has 2 N–H and O–H groups in total. The van der Waals surface area contributed by atoms with E-state index in [0.29, 0.717) is 17.2 Å². The number of thiocarbonyl (C=S) groups is 1. The van der Waals surface area contributed by atoms with Crippen molar-refractivity contribution >= 4 is 23.0 Å². The average molecular weight is 225 g/mol. The highest BCUT2D eigenvalue weighted by Gasteiger charge is 2.69. The van der Waals surface area contributed by atoms with Crippen molar-refractivity contribution in [3.63, 3.8) is 0 Å². The van der Waals surface area contributed by atoms with E-state index in [1.807, 2.05) is 0 Å². The van der Waals surface area contributed by atoms with Gasteiger partial charge < -0.3 is 5.73 Å². The first kappa shape index (κ1) is 11.1. The van der Waals surface area contributed by atoms with Crippen LogP contribution in [0.1, 0.15) is 46.5 Å². The van der Waals surface area contributed by atoms with Crippen molar-refractivity contribution in [1.82, 2.24) is 0 Å². The fourth-order valence-electron chi connectivity index (χ4n) is 3.70. The van der Waals surface area contributed by atoms with Crippen LogP contribution in [-0.2, 0) is 4.79 Å². The number of carbonyl (C=O) groups is 1. The number of rotatable bonds is 2. The molecule has 0 aromatic heterocycles. The Morgan fingerprint density at radius 3 is 2.33 bits per heavy atom. The van der Waals surface area contributed by atoms with E-state index in [1.165, 1.54) is 0 Å². The monoisotopic (exact) mass is 225 g/mol. The molecule has 0 aliphatic heterocycles. The number of hydrogen-bond acceptors (Lipinski definition) is 2. The van der Waals surface area contributed by atoms with Gasteiger partial charge in [-0.2, -0.15) is 0 Å². The maximum Gasteiger partial charge on any atom is 0.139 e. The number of hydrogen-bond donors (Lipinski definition) is 1. The van der Waals surface area contributed by atoms with Crippen LogP contribution in [0.4, 0.5) is 0 Å². The van der Waals surface area contributed by atoms with Crippen LogP contribution in [0.15, 0.2) is 0 Å². The van der Waals surface area contributed by atoms with E-state index >= 15 is 0 Å². The Labute approximate surface area is 96.6 Å². The SMILES string of the molecule is CC1(C)[C@@]2(CC(N)=S)CC[C@]1(C)C(=O)C2. The summed E-state index contributed by atoms with van der Waals surface area (Å²) in [6.45, 7) is 6.54. The third-order valence-corrected chi connectivity index (χ3v) is 5.58. The Morgan fingerprint density at radius 2 is 2.00 bits per heavy atom. The lowest BCUT2D eigenvalue weighted by molar-refractivity contribution is -0.128. The van der Waals surface area contributed by atoms with E-state index in [1.54, 1.807) is 0 Å². The van der Waals surface area contributed by atoms with Gasteiger partial charge in [-0.25, -0.2) is 0 Å². The Bertz CT molecular complexity index is 346. The number of nitrogens with two attached hydrogens (primary N) is 1. The van der Waals surface area contributed by atoms with E-state index in [9.17, 15) is 4.79 Å². The maximum atomic E-state index is 12.1. The first-order valence-corrected chi connectivity index (χ1v) is 5.98. The topological polar surface area (TPSA) is 43.1 Å². The maximum absolute atomic E-state index is 12.1. The molecule has 0 aromatic carbocycles. The lowest BCUT2D eigenvalue weighted by Gasteiger charge is -2.39. The second kappa shape index (κ2) is 2.82. The van der Waals surface area contributed by atoms with Gasteiger partial charge in [0.2, 0.25) is 0 Å². The first-order valence-electron chi connectivity index (χ1n) is 5.57. The fraction of sp³-hybridized carbons (Fsp3) is 0.833. The smallest absolute Gasteiger partial charge is 0.139 e. The van der Waals surface area contributed by atoms with Crippen molar-refractivity contribution in [3.8, 4) is 0 Å². The molecule has 2 rings (SSSR count). The van der Waals surface area contributed by atoms with Gasteiger partial charge in [-0.05, 0) is 23.7 Å². The molecule has 2 aliphatic rings.